The van der Waals surface area contributed by atoms with Crippen LogP contribution in [0.3, 0.4) is 0 Å². The van der Waals surface area contributed by atoms with Gasteiger partial charge in [-0.3, -0.25) is 4.99 Å². The number of hydrogen-bond acceptors (Lipinski definition) is 1. The number of hydrogen-bond donors (Lipinski definition) is 2. The molecule has 0 bridgehead atoms. The molecule has 3 nitrogen and oxygen atoms in total. The van der Waals surface area contributed by atoms with Crippen molar-refractivity contribution in [1.82, 2.24) is 10.6 Å². The van der Waals surface area contributed by atoms with Crippen LogP contribution in [-0.4, -0.2) is 19.6 Å². The minimum Gasteiger partial charge on any atom is -0.356 e. The van der Waals surface area contributed by atoms with Gasteiger partial charge in [0.1, 0.15) is 0 Å². The fourth-order valence-corrected chi connectivity index (χ4v) is 1.83. The second-order valence-corrected chi connectivity index (χ2v) is 4.56. The molecule has 1 rings (SSSR count). The van der Waals surface area contributed by atoms with Gasteiger partial charge in [-0.15, -0.1) is 0 Å². The summed E-state index contributed by atoms with van der Waals surface area (Å²) < 4.78 is 0. The highest BCUT2D eigenvalue weighted by molar-refractivity contribution is 6.31. The number of nitrogens with zero attached hydrogens (tertiary/aromatic N) is 1. The van der Waals surface area contributed by atoms with E-state index in [2.05, 4.69) is 22.5 Å². The molecule has 4 heteroatoms. The Morgan fingerprint density at radius 3 is 2.67 bits per heavy atom. The van der Waals surface area contributed by atoms with Crippen molar-refractivity contribution in [3.8, 4) is 0 Å². The summed E-state index contributed by atoms with van der Waals surface area (Å²) in [7, 11) is 1.78. The molecule has 1 aromatic rings. The monoisotopic (exact) mass is 267 g/mol. The first kappa shape index (κ1) is 14.8. The van der Waals surface area contributed by atoms with Crippen LogP contribution in [0.15, 0.2) is 29.3 Å². The third-order valence-electron chi connectivity index (χ3n) is 2.70. The van der Waals surface area contributed by atoms with E-state index >= 15 is 0 Å². The summed E-state index contributed by atoms with van der Waals surface area (Å²) in [6.07, 6.45) is 3.64. The van der Waals surface area contributed by atoms with Gasteiger partial charge in [-0.05, 0) is 18.1 Å². The molecule has 0 aliphatic rings. The Labute approximate surface area is 115 Å². The molecule has 18 heavy (non-hydrogen) atoms. The maximum absolute atomic E-state index is 6.10. The average Bonchev–Trinajstić information content (AvgIpc) is 2.40. The summed E-state index contributed by atoms with van der Waals surface area (Å²) in [6, 6.07) is 7.83. The first-order valence-corrected chi connectivity index (χ1v) is 6.83. The summed E-state index contributed by atoms with van der Waals surface area (Å²) in [5, 5.41) is 7.33. The lowest BCUT2D eigenvalue weighted by atomic mass is 10.2. The Kier molecular flexibility index (Phi) is 7.26. The third kappa shape index (κ3) is 5.41. The highest BCUT2D eigenvalue weighted by atomic mass is 35.5. The molecular weight excluding hydrogens is 246 g/mol. The fourth-order valence-electron chi connectivity index (χ4n) is 1.62. The van der Waals surface area contributed by atoms with Gasteiger partial charge in [-0.1, -0.05) is 49.6 Å². The van der Waals surface area contributed by atoms with Gasteiger partial charge in [-0.2, -0.15) is 0 Å². The average molecular weight is 268 g/mol. The molecule has 2 N–H and O–H groups in total. The van der Waals surface area contributed by atoms with Crippen molar-refractivity contribution in [3.63, 3.8) is 0 Å². The lowest BCUT2D eigenvalue weighted by molar-refractivity contribution is 0.683. The second-order valence-electron chi connectivity index (χ2n) is 4.15. The Hall–Kier alpha value is -1.22. The topological polar surface area (TPSA) is 36.4 Å². The van der Waals surface area contributed by atoms with E-state index in [9.17, 15) is 0 Å². The summed E-state index contributed by atoms with van der Waals surface area (Å²) in [6.45, 7) is 3.84. The molecule has 0 unspecified atom stereocenters. The Morgan fingerprint density at radius 1 is 1.22 bits per heavy atom. The van der Waals surface area contributed by atoms with Crippen LogP contribution in [-0.2, 0) is 6.54 Å². The zero-order valence-electron chi connectivity index (χ0n) is 11.2. The predicted octanol–water partition coefficient (Wildman–Crippen LogP) is 3.20. The predicted molar refractivity (Wildman–Crippen MR) is 79.2 cm³/mol. The largest absolute Gasteiger partial charge is 0.356 e. The molecule has 0 atom stereocenters. The number of nitrogens with one attached hydrogen (secondary N) is 2. The highest BCUT2D eigenvalue weighted by Gasteiger charge is 2.00. The SMILES string of the molecule is CCCCCNC(=NC)NCc1ccccc1Cl. The van der Waals surface area contributed by atoms with Crippen LogP contribution in [0.1, 0.15) is 31.7 Å². The maximum Gasteiger partial charge on any atom is 0.191 e. The van der Waals surface area contributed by atoms with E-state index in [0.717, 1.165) is 23.1 Å². The van der Waals surface area contributed by atoms with Crippen LogP contribution in [0, 0.1) is 0 Å². The van der Waals surface area contributed by atoms with Gasteiger partial charge >= 0.3 is 0 Å². The van der Waals surface area contributed by atoms with Gasteiger partial charge in [0, 0.05) is 25.2 Å². The van der Waals surface area contributed by atoms with Gasteiger partial charge in [0.05, 0.1) is 0 Å². The fraction of sp³-hybridized carbons (Fsp3) is 0.500. The van der Waals surface area contributed by atoms with E-state index in [4.69, 9.17) is 11.6 Å². The zero-order chi connectivity index (χ0) is 13.2. The number of guanidine groups is 1. The smallest absolute Gasteiger partial charge is 0.191 e. The number of halogens is 1. The van der Waals surface area contributed by atoms with E-state index in [0.29, 0.717) is 6.54 Å². The van der Waals surface area contributed by atoms with Crippen LogP contribution in [0.2, 0.25) is 5.02 Å². The Balaban J connectivity index is 2.34. The first-order valence-electron chi connectivity index (χ1n) is 6.45. The van der Waals surface area contributed by atoms with Crippen LogP contribution in [0.5, 0.6) is 0 Å². The summed E-state index contributed by atoms with van der Waals surface area (Å²) in [5.41, 5.74) is 1.08. The van der Waals surface area contributed by atoms with E-state index in [1.54, 1.807) is 7.05 Å². The van der Waals surface area contributed by atoms with Gasteiger partial charge < -0.3 is 10.6 Å². The van der Waals surface area contributed by atoms with E-state index in [1.165, 1.54) is 19.3 Å². The van der Waals surface area contributed by atoms with Crippen molar-refractivity contribution in [2.75, 3.05) is 13.6 Å². The quantitative estimate of drug-likeness (QED) is 0.472. The Morgan fingerprint density at radius 2 is 2.00 bits per heavy atom. The van der Waals surface area contributed by atoms with Crippen molar-refractivity contribution in [2.45, 2.75) is 32.7 Å². The standard InChI is InChI=1S/C14H22ClN3/c1-3-4-7-10-17-14(16-2)18-11-12-8-5-6-9-13(12)15/h5-6,8-9H,3-4,7,10-11H2,1-2H3,(H2,16,17,18). The number of aliphatic imine (C=N–C) groups is 1. The second kappa shape index (κ2) is 8.81. The van der Waals surface area contributed by atoms with Crippen molar-refractivity contribution >= 4 is 17.6 Å². The van der Waals surface area contributed by atoms with Crippen molar-refractivity contribution in [1.29, 1.82) is 0 Å². The number of benzene rings is 1. The normalized spacial score (nSPS) is 11.4. The number of rotatable bonds is 6. The van der Waals surface area contributed by atoms with Gasteiger partial charge in [0.25, 0.3) is 0 Å². The highest BCUT2D eigenvalue weighted by Crippen LogP contribution is 2.14. The summed E-state index contributed by atoms with van der Waals surface area (Å²) in [5.74, 6) is 0.825. The molecule has 0 aromatic heterocycles. The molecule has 1 aromatic carbocycles. The third-order valence-corrected chi connectivity index (χ3v) is 3.07. The van der Waals surface area contributed by atoms with Crippen molar-refractivity contribution < 1.29 is 0 Å². The molecule has 100 valence electrons. The molecule has 0 aliphatic heterocycles. The Bertz CT molecular complexity index is 377. The molecule has 0 fully saturated rings. The summed E-state index contributed by atoms with van der Waals surface area (Å²) in [4.78, 5) is 4.18. The molecular formula is C14H22ClN3. The van der Waals surface area contributed by atoms with Gasteiger partial charge in [0.15, 0.2) is 5.96 Å². The molecule has 0 aliphatic carbocycles. The molecule has 0 saturated heterocycles. The van der Waals surface area contributed by atoms with E-state index < -0.39 is 0 Å². The molecule has 0 spiro atoms. The van der Waals surface area contributed by atoms with Gasteiger partial charge in [-0.25, -0.2) is 0 Å². The lowest BCUT2D eigenvalue weighted by Gasteiger charge is -2.12. The lowest BCUT2D eigenvalue weighted by Crippen LogP contribution is -2.37. The van der Waals surface area contributed by atoms with Crippen molar-refractivity contribution in [3.05, 3.63) is 34.9 Å². The van der Waals surface area contributed by atoms with Crippen LogP contribution >= 0.6 is 11.6 Å². The molecule has 0 saturated carbocycles. The van der Waals surface area contributed by atoms with E-state index in [-0.39, 0.29) is 0 Å². The minimum absolute atomic E-state index is 0.688. The van der Waals surface area contributed by atoms with Crippen LogP contribution in [0.25, 0.3) is 0 Å². The first-order chi connectivity index (χ1) is 8.77. The molecule has 0 heterocycles. The van der Waals surface area contributed by atoms with Crippen LogP contribution < -0.4 is 10.6 Å². The minimum atomic E-state index is 0.688. The van der Waals surface area contributed by atoms with Gasteiger partial charge in [0.2, 0.25) is 0 Å². The zero-order valence-corrected chi connectivity index (χ0v) is 11.9. The summed E-state index contributed by atoms with van der Waals surface area (Å²) >= 11 is 6.10. The number of unbranched alkanes of at least 4 members (excludes halogenated alkanes) is 2. The van der Waals surface area contributed by atoms with Crippen molar-refractivity contribution in [2.24, 2.45) is 4.99 Å². The molecule has 0 amide bonds. The molecule has 0 radical (unpaired) electrons. The van der Waals surface area contributed by atoms with Crippen LogP contribution in [0.4, 0.5) is 0 Å². The van der Waals surface area contributed by atoms with E-state index in [1.807, 2.05) is 24.3 Å². The maximum atomic E-state index is 6.10.